The van der Waals surface area contributed by atoms with Crippen LogP contribution in [0.4, 0.5) is 5.69 Å². The van der Waals surface area contributed by atoms with Crippen LogP contribution in [-0.2, 0) is 6.42 Å². The van der Waals surface area contributed by atoms with Crippen LogP contribution in [0.15, 0.2) is 53.5 Å². The van der Waals surface area contributed by atoms with Gasteiger partial charge in [-0.25, -0.2) is 0 Å². The maximum atomic E-state index is 6.08. The van der Waals surface area contributed by atoms with Gasteiger partial charge in [0.1, 0.15) is 5.75 Å². The molecule has 1 unspecified atom stereocenters. The maximum Gasteiger partial charge on any atom is 0.189 e. The highest BCUT2D eigenvalue weighted by Gasteiger charge is 2.21. The third-order valence-electron chi connectivity index (χ3n) is 4.42. The van der Waals surface area contributed by atoms with Crippen molar-refractivity contribution < 1.29 is 4.74 Å². The van der Waals surface area contributed by atoms with Gasteiger partial charge in [-0.2, -0.15) is 0 Å². The second-order valence-corrected chi connectivity index (χ2v) is 6.45. The second-order valence-electron chi connectivity index (χ2n) is 6.45. The molecule has 3 rings (SSSR count). The van der Waals surface area contributed by atoms with E-state index in [-0.39, 0.29) is 6.04 Å². The first kappa shape index (κ1) is 17.1. The summed E-state index contributed by atoms with van der Waals surface area (Å²) < 4.78 is 5.68. The molecule has 3 N–H and O–H groups in total. The minimum atomic E-state index is 0.160. The number of rotatable bonds is 5. The molecule has 5 nitrogen and oxygen atoms in total. The van der Waals surface area contributed by atoms with Gasteiger partial charge in [-0.1, -0.05) is 30.3 Å². The molecule has 0 amide bonds. The zero-order chi connectivity index (χ0) is 17.6. The molecular formula is C20H26N4O. The van der Waals surface area contributed by atoms with Crippen molar-refractivity contribution in [1.82, 2.24) is 5.32 Å². The summed E-state index contributed by atoms with van der Waals surface area (Å²) in [6.45, 7) is 1.37. The molecule has 1 aliphatic rings. The Labute approximate surface area is 149 Å². The number of ether oxygens (including phenoxy) is 1. The first-order chi connectivity index (χ1) is 12.1. The lowest BCUT2D eigenvalue weighted by Gasteiger charge is -2.26. The average Bonchev–Trinajstić information content (AvgIpc) is 2.62. The predicted molar refractivity (Wildman–Crippen MR) is 103 cm³/mol. The lowest BCUT2D eigenvalue weighted by molar-refractivity contribution is 0.262. The quantitative estimate of drug-likeness (QED) is 0.650. The molecule has 0 fully saturated rings. The Hall–Kier alpha value is -2.69. The number of benzene rings is 2. The third-order valence-corrected chi connectivity index (χ3v) is 4.42. The molecule has 2 aromatic carbocycles. The summed E-state index contributed by atoms with van der Waals surface area (Å²) in [5.74, 6) is 1.42. The number of aliphatic imine (C=N–C) groups is 1. The minimum Gasteiger partial charge on any atom is -0.493 e. The Morgan fingerprint density at radius 3 is 2.72 bits per heavy atom. The van der Waals surface area contributed by atoms with Gasteiger partial charge >= 0.3 is 0 Å². The van der Waals surface area contributed by atoms with Crippen molar-refractivity contribution in [3.63, 3.8) is 0 Å². The molecule has 0 radical (unpaired) electrons. The lowest BCUT2D eigenvalue weighted by Crippen LogP contribution is -2.37. The van der Waals surface area contributed by atoms with Crippen molar-refractivity contribution in [2.24, 2.45) is 10.7 Å². The minimum absolute atomic E-state index is 0.160. The van der Waals surface area contributed by atoms with E-state index in [2.05, 4.69) is 45.5 Å². The van der Waals surface area contributed by atoms with Crippen LogP contribution in [0, 0.1) is 0 Å². The Morgan fingerprint density at radius 2 is 1.96 bits per heavy atom. The Kier molecular flexibility index (Phi) is 5.43. The topological polar surface area (TPSA) is 62.9 Å². The van der Waals surface area contributed by atoms with E-state index in [1.54, 1.807) is 0 Å². The van der Waals surface area contributed by atoms with E-state index in [0.29, 0.717) is 19.1 Å². The first-order valence-electron chi connectivity index (χ1n) is 8.68. The smallest absolute Gasteiger partial charge is 0.189 e. The zero-order valence-electron chi connectivity index (χ0n) is 14.9. The van der Waals surface area contributed by atoms with Crippen LogP contribution in [0.2, 0.25) is 0 Å². The van der Waals surface area contributed by atoms with E-state index in [1.807, 2.05) is 32.3 Å². The van der Waals surface area contributed by atoms with Gasteiger partial charge in [0.25, 0.3) is 0 Å². The highest BCUT2D eigenvalue weighted by molar-refractivity contribution is 5.78. The molecule has 1 atom stereocenters. The third kappa shape index (κ3) is 4.44. The summed E-state index contributed by atoms with van der Waals surface area (Å²) in [6.07, 6.45) is 1.76. The summed E-state index contributed by atoms with van der Waals surface area (Å²) in [4.78, 5) is 6.57. The van der Waals surface area contributed by atoms with E-state index in [1.165, 1.54) is 11.3 Å². The molecular weight excluding hydrogens is 312 g/mol. The number of nitrogens with two attached hydrogens (primary N) is 1. The maximum absolute atomic E-state index is 6.08. The van der Waals surface area contributed by atoms with Crippen molar-refractivity contribution >= 4 is 11.6 Å². The first-order valence-corrected chi connectivity index (χ1v) is 8.68. The number of anilines is 1. The molecule has 0 aromatic heterocycles. The Bertz CT molecular complexity index is 725. The summed E-state index contributed by atoms with van der Waals surface area (Å²) in [5, 5.41) is 3.33. The SMILES string of the molecule is CN(C)c1ccc(CCN=C(N)NC2CCOc3ccccc32)cc1. The zero-order valence-corrected chi connectivity index (χ0v) is 14.9. The molecule has 0 aliphatic carbocycles. The van der Waals surface area contributed by atoms with Gasteiger partial charge in [-0.3, -0.25) is 4.99 Å². The van der Waals surface area contributed by atoms with Gasteiger partial charge in [0.05, 0.1) is 12.6 Å². The Morgan fingerprint density at radius 1 is 1.20 bits per heavy atom. The van der Waals surface area contributed by atoms with Crippen molar-refractivity contribution in [1.29, 1.82) is 0 Å². The summed E-state index contributed by atoms with van der Waals surface area (Å²) >= 11 is 0. The standard InChI is InChI=1S/C20H26N4O/c1-24(2)16-9-7-15(8-10-16)11-13-22-20(21)23-18-12-14-25-19-6-4-3-5-17(18)19/h3-10,18H,11-14H2,1-2H3,(H3,21,22,23). The van der Waals surface area contributed by atoms with Crippen molar-refractivity contribution in [3.05, 3.63) is 59.7 Å². The van der Waals surface area contributed by atoms with Gasteiger partial charge in [0.2, 0.25) is 0 Å². The van der Waals surface area contributed by atoms with Crippen molar-refractivity contribution in [3.8, 4) is 5.75 Å². The van der Waals surface area contributed by atoms with E-state index < -0.39 is 0 Å². The van der Waals surface area contributed by atoms with Crippen LogP contribution in [0.3, 0.4) is 0 Å². The summed E-state index contributed by atoms with van der Waals surface area (Å²) in [7, 11) is 4.08. The van der Waals surface area contributed by atoms with Crippen LogP contribution in [-0.4, -0.2) is 33.2 Å². The number of nitrogens with one attached hydrogen (secondary N) is 1. The molecule has 5 heteroatoms. The molecule has 0 bridgehead atoms. The normalized spacial score (nSPS) is 16.7. The Balaban J connectivity index is 1.54. The van der Waals surface area contributed by atoms with Crippen LogP contribution < -0.4 is 20.7 Å². The second kappa shape index (κ2) is 7.92. The summed E-state index contributed by atoms with van der Waals surface area (Å²) in [5.41, 5.74) is 9.69. The lowest BCUT2D eigenvalue weighted by atomic mass is 10.0. The van der Waals surface area contributed by atoms with Gasteiger partial charge < -0.3 is 20.7 Å². The number of guanidine groups is 1. The molecule has 1 heterocycles. The average molecular weight is 338 g/mol. The number of nitrogens with zero attached hydrogens (tertiary/aromatic N) is 2. The number of hydrogen-bond donors (Lipinski definition) is 2. The highest BCUT2D eigenvalue weighted by Crippen LogP contribution is 2.31. The van der Waals surface area contributed by atoms with Gasteiger partial charge in [-0.05, 0) is 30.2 Å². The fourth-order valence-corrected chi connectivity index (χ4v) is 2.98. The van der Waals surface area contributed by atoms with Crippen molar-refractivity contribution in [2.45, 2.75) is 18.9 Å². The number of hydrogen-bond acceptors (Lipinski definition) is 3. The fraction of sp³-hybridized carbons (Fsp3) is 0.350. The highest BCUT2D eigenvalue weighted by atomic mass is 16.5. The van der Waals surface area contributed by atoms with Crippen LogP contribution >= 0.6 is 0 Å². The van der Waals surface area contributed by atoms with E-state index in [0.717, 1.165) is 24.2 Å². The molecule has 25 heavy (non-hydrogen) atoms. The van der Waals surface area contributed by atoms with E-state index in [4.69, 9.17) is 10.5 Å². The number of para-hydroxylation sites is 1. The summed E-state index contributed by atoms with van der Waals surface area (Å²) in [6, 6.07) is 16.8. The molecule has 0 saturated carbocycles. The molecule has 132 valence electrons. The molecule has 2 aromatic rings. The van der Waals surface area contributed by atoms with Gasteiger partial charge in [0.15, 0.2) is 5.96 Å². The fourth-order valence-electron chi connectivity index (χ4n) is 2.98. The number of fused-ring (bicyclic) bond motifs is 1. The van der Waals surface area contributed by atoms with Gasteiger partial charge in [-0.15, -0.1) is 0 Å². The molecule has 1 aliphatic heterocycles. The van der Waals surface area contributed by atoms with Crippen molar-refractivity contribution in [2.75, 3.05) is 32.1 Å². The monoisotopic (exact) mass is 338 g/mol. The van der Waals surface area contributed by atoms with E-state index in [9.17, 15) is 0 Å². The predicted octanol–water partition coefficient (Wildman–Crippen LogP) is 2.72. The van der Waals surface area contributed by atoms with Crippen LogP contribution in [0.25, 0.3) is 0 Å². The molecule has 0 spiro atoms. The van der Waals surface area contributed by atoms with Crippen LogP contribution in [0.5, 0.6) is 5.75 Å². The molecule has 0 saturated heterocycles. The largest absolute Gasteiger partial charge is 0.493 e. The van der Waals surface area contributed by atoms with E-state index >= 15 is 0 Å². The van der Waals surface area contributed by atoms with Crippen LogP contribution in [0.1, 0.15) is 23.6 Å². The van der Waals surface area contributed by atoms with Gasteiger partial charge in [0, 0.05) is 38.3 Å².